The first-order valence-electron chi connectivity index (χ1n) is 6.20. The normalized spacial score (nSPS) is 10.2. The lowest BCUT2D eigenvalue weighted by Crippen LogP contribution is -2.07. The molecule has 0 fully saturated rings. The largest absolute Gasteiger partial charge is 0.462 e. The molecule has 0 unspecified atom stereocenters. The van der Waals surface area contributed by atoms with Gasteiger partial charge in [-0.05, 0) is 43.3 Å². The van der Waals surface area contributed by atoms with Gasteiger partial charge in [0.2, 0.25) is 0 Å². The Bertz CT molecular complexity index is 657. The summed E-state index contributed by atoms with van der Waals surface area (Å²) in [6, 6.07) is 9.66. The Balaban J connectivity index is 2.41. The zero-order valence-corrected chi connectivity index (χ0v) is 12.7. The molecule has 0 saturated carbocycles. The molecule has 0 heterocycles. The molecule has 2 N–H and O–H groups in total. The summed E-state index contributed by atoms with van der Waals surface area (Å²) in [6.45, 7) is 1.96. The number of carbonyl (C=O) groups is 1. The van der Waals surface area contributed by atoms with Crippen LogP contribution in [0.15, 0.2) is 36.4 Å². The summed E-state index contributed by atoms with van der Waals surface area (Å²) in [7, 11) is 0. The van der Waals surface area contributed by atoms with E-state index in [0.717, 1.165) is 0 Å². The van der Waals surface area contributed by atoms with Crippen molar-refractivity contribution in [3.63, 3.8) is 0 Å². The number of esters is 1. The van der Waals surface area contributed by atoms with Crippen molar-refractivity contribution in [2.45, 2.75) is 6.92 Å². The quantitative estimate of drug-likeness (QED) is 0.662. The first-order chi connectivity index (χ1) is 10.0. The van der Waals surface area contributed by atoms with E-state index in [-0.39, 0.29) is 22.9 Å². The van der Waals surface area contributed by atoms with E-state index in [1.807, 2.05) is 0 Å². The van der Waals surface area contributed by atoms with Gasteiger partial charge in [-0.3, -0.25) is 0 Å². The van der Waals surface area contributed by atoms with Gasteiger partial charge in [-0.15, -0.1) is 0 Å². The standard InChI is InChI=1S/C15H13Cl2NO3/c1-2-20-15(19)12-7-10(18)8-13(17)14(12)21-11-5-3-9(16)4-6-11/h3-8H,2,18H2,1H3. The summed E-state index contributed by atoms with van der Waals surface area (Å²) < 4.78 is 10.7. The molecule has 2 rings (SSSR count). The third-order valence-corrected chi connectivity index (χ3v) is 3.13. The summed E-state index contributed by atoms with van der Waals surface area (Å²) in [5, 5.41) is 0.810. The molecule has 0 aliphatic heterocycles. The second kappa shape index (κ2) is 6.70. The number of halogens is 2. The van der Waals surface area contributed by atoms with Crippen LogP contribution in [-0.4, -0.2) is 12.6 Å². The van der Waals surface area contributed by atoms with E-state index in [9.17, 15) is 4.79 Å². The topological polar surface area (TPSA) is 61.5 Å². The van der Waals surface area contributed by atoms with Crippen LogP contribution >= 0.6 is 23.2 Å². The zero-order valence-electron chi connectivity index (χ0n) is 11.2. The number of carbonyl (C=O) groups excluding carboxylic acids is 1. The van der Waals surface area contributed by atoms with Gasteiger partial charge in [0, 0.05) is 10.7 Å². The predicted octanol–water partition coefficient (Wildman–Crippen LogP) is 4.54. The number of rotatable bonds is 4. The number of hydrogen-bond donors (Lipinski definition) is 1. The Morgan fingerprint density at radius 2 is 1.86 bits per heavy atom. The first-order valence-corrected chi connectivity index (χ1v) is 6.96. The van der Waals surface area contributed by atoms with Gasteiger partial charge in [-0.25, -0.2) is 4.79 Å². The number of benzene rings is 2. The van der Waals surface area contributed by atoms with Crippen LogP contribution in [0.1, 0.15) is 17.3 Å². The van der Waals surface area contributed by atoms with Crippen LogP contribution in [0.4, 0.5) is 5.69 Å². The maximum absolute atomic E-state index is 12.0. The highest BCUT2D eigenvalue weighted by Crippen LogP contribution is 2.35. The average Bonchev–Trinajstić information content (AvgIpc) is 2.44. The summed E-state index contributed by atoms with van der Waals surface area (Å²) in [5.74, 6) is 0.152. The summed E-state index contributed by atoms with van der Waals surface area (Å²) in [6.07, 6.45) is 0. The molecule has 21 heavy (non-hydrogen) atoms. The molecule has 4 nitrogen and oxygen atoms in total. The molecule has 110 valence electrons. The Kier molecular flexibility index (Phi) is 4.94. The van der Waals surface area contributed by atoms with E-state index in [4.69, 9.17) is 38.4 Å². The highest BCUT2D eigenvalue weighted by Gasteiger charge is 2.19. The first kappa shape index (κ1) is 15.5. The van der Waals surface area contributed by atoms with E-state index in [1.165, 1.54) is 12.1 Å². The van der Waals surface area contributed by atoms with Crippen molar-refractivity contribution < 1.29 is 14.3 Å². The molecule has 0 aliphatic rings. The highest BCUT2D eigenvalue weighted by molar-refractivity contribution is 6.33. The van der Waals surface area contributed by atoms with E-state index in [1.54, 1.807) is 31.2 Å². The van der Waals surface area contributed by atoms with Crippen molar-refractivity contribution in [1.82, 2.24) is 0 Å². The highest BCUT2D eigenvalue weighted by atomic mass is 35.5. The zero-order chi connectivity index (χ0) is 15.4. The lowest BCUT2D eigenvalue weighted by Gasteiger charge is -2.13. The maximum Gasteiger partial charge on any atom is 0.342 e. The molecule has 0 aromatic heterocycles. The molecule has 0 bridgehead atoms. The van der Waals surface area contributed by atoms with Crippen LogP contribution < -0.4 is 10.5 Å². The number of nitrogen functional groups attached to an aromatic ring is 1. The Labute approximate surface area is 132 Å². The Morgan fingerprint density at radius 1 is 1.19 bits per heavy atom. The minimum absolute atomic E-state index is 0.178. The fourth-order valence-electron chi connectivity index (χ4n) is 1.70. The summed E-state index contributed by atoms with van der Waals surface area (Å²) in [5.41, 5.74) is 6.24. The van der Waals surface area contributed by atoms with Crippen LogP contribution in [0, 0.1) is 0 Å². The SMILES string of the molecule is CCOC(=O)c1cc(N)cc(Cl)c1Oc1ccc(Cl)cc1. The number of ether oxygens (including phenoxy) is 2. The third-order valence-electron chi connectivity index (χ3n) is 2.59. The van der Waals surface area contributed by atoms with E-state index in [0.29, 0.717) is 16.5 Å². The number of hydrogen-bond acceptors (Lipinski definition) is 4. The lowest BCUT2D eigenvalue weighted by molar-refractivity contribution is 0.0523. The monoisotopic (exact) mass is 325 g/mol. The molecular weight excluding hydrogens is 313 g/mol. The van der Waals surface area contributed by atoms with Crippen LogP contribution in [0.5, 0.6) is 11.5 Å². The van der Waals surface area contributed by atoms with E-state index < -0.39 is 5.97 Å². The predicted molar refractivity (Wildman–Crippen MR) is 83.3 cm³/mol. The average molecular weight is 326 g/mol. The number of nitrogens with two attached hydrogens (primary N) is 1. The van der Waals surface area contributed by atoms with Gasteiger partial charge in [0.05, 0.1) is 11.6 Å². The molecular formula is C15H13Cl2NO3. The Morgan fingerprint density at radius 3 is 2.48 bits per heavy atom. The van der Waals surface area contributed by atoms with Gasteiger partial charge in [0.15, 0.2) is 5.75 Å². The molecule has 0 saturated heterocycles. The van der Waals surface area contributed by atoms with Crippen molar-refractivity contribution in [3.05, 3.63) is 52.0 Å². The fourth-order valence-corrected chi connectivity index (χ4v) is 2.09. The molecule has 0 amide bonds. The Hall–Kier alpha value is -1.91. The molecule has 0 atom stereocenters. The molecule has 0 aliphatic carbocycles. The minimum Gasteiger partial charge on any atom is -0.462 e. The van der Waals surface area contributed by atoms with Crippen molar-refractivity contribution in [2.75, 3.05) is 12.3 Å². The third kappa shape index (κ3) is 3.80. The van der Waals surface area contributed by atoms with Crippen molar-refractivity contribution in [1.29, 1.82) is 0 Å². The molecule has 2 aromatic carbocycles. The van der Waals surface area contributed by atoms with Gasteiger partial charge in [0.25, 0.3) is 0 Å². The van der Waals surface area contributed by atoms with Gasteiger partial charge in [0.1, 0.15) is 11.3 Å². The van der Waals surface area contributed by atoms with Crippen LogP contribution in [0.2, 0.25) is 10.0 Å². The molecule has 2 aromatic rings. The summed E-state index contributed by atoms with van der Waals surface area (Å²) in [4.78, 5) is 12.0. The van der Waals surface area contributed by atoms with Crippen LogP contribution in [0.3, 0.4) is 0 Å². The van der Waals surface area contributed by atoms with Gasteiger partial charge in [-0.1, -0.05) is 23.2 Å². The molecule has 6 heteroatoms. The van der Waals surface area contributed by atoms with Crippen molar-refractivity contribution in [3.8, 4) is 11.5 Å². The fraction of sp³-hybridized carbons (Fsp3) is 0.133. The van der Waals surface area contributed by atoms with Gasteiger partial charge < -0.3 is 15.2 Å². The molecule has 0 radical (unpaired) electrons. The van der Waals surface area contributed by atoms with Gasteiger partial charge >= 0.3 is 5.97 Å². The van der Waals surface area contributed by atoms with Crippen LogP contribution in [0.25, 0.3) is 0 Å². The van der Waals surface area contributed by atoms with Crippen molar-refractivity contribution >= 4 is 34.9 Å². The lowest BCUT2D eigenvalue weighted by atomic mass is 10.1. The van der Waals surface area contributed by atoms with Crippen molar-refractivity contribution in [2.24, 2.45) is 0 Å². The number of anilines is 1. The summed E-state index contributed by atoms with van der Waals surface area (Å²) >= 11 is 11.9. The van der Waals surface area contributed by atoms with Gasteiger partial charge in [-0.2, -0.15) is 0 Å². The van der Waals surface area contributed by atoms with E-state index >= 15 is 0 Å². The minimum atomic E-state index is -0.546. The second-order valence-electron chi connectivity index (χ2n) is 4.16. The van der Waals surface area contributed by atoms with E-state index in [2.05, 4.69) is 0 Å². The van der Waals surface area contributed by atoms with Crippen LogP contribution in [-0.2, 0) is 4.74 Å². The second-order valence-corrected chi connectivity index (χ2v) is 5.00. The smallest absolute Gasteiger partial charge is 0.342 e. The maximum atomic E-state index is 12.0. The molecule has 0 spiro atoms.